The normalized spacial score (nSPS) is 10.9. The van der Waals surface area contributed by atoms with Crippen LogP contribution in [0.1, 0.15) is 15.9 Å². The van der Waals surface area contributed by atoms with Gasteiger partial charge in [0.15, 0.2) is 5.78 Å². The Hall–Kier alpha value is -2.59. The molecule has 0 unspecified atom stereocenters. The molecule has 3 rings (SSSR count). The van der Waals surface area contributed by atoms with Gasteiger partial charge < -0.3 is 9.30 Å². The van der Waals surface area contributed by atoms with Crippen molar-refractivity contribution >= 4 is 27.8 Å². The highest BCUT2D eigenvalue weighted by Gasteiger charge is 2.04. The zero-order valence-corrected chi connectivity index (χ0v) is 14.7. The van der Waals surface area contributed by atoms with E-state index in [1.165, 1.54) is 0 Å². The molecule has 0 spiro atoms. The number of aromatic nitrogens is 1. The molecule has 3 aromatic rings. The fraction of sp³-hybridized carbons (Fsp3) is 0.0500. The van der Waals surface area contributed by atoms with Gasteiger partial charge in [-0.2, -0.15) is 0 Å². The summed E-state index contributed by atoms with van der Waals surface area (Å²) in [5, 5.41) is 0. The quantitative estimate of drug-likeness (QED) is 0.452. The maximum absolute atomic E-state index is 12.4. The minimum atomic E-state index is -0.0453. The predicted molar refractivity (Wildman–Crippen MR) is 99.8 cm³/mol. The van der Waals surface area contributed by atoms with Gasteiger partial charge >= 0.3 is 0 Å². The first-order valence-electron chi connectivity index (χ1n) is 7.47. The van der Waals surface area contributed by atoms with Crippen LogP contribution in [0.25, 0.3) is 11.8 Å². The molecule has 120 valence electrons. The molecule has 0 bridgehead atoms. The molecule has 0 fully saturated rings. The van der Waals surface area contributed by atoms with Gasteiger partial charge in [-0.1, -0.05) is 15.9 Å². The molecule has 0 aliphatic heterocycles. The van der Waals surface area contributed by atoms with Crippen LogP contribution in [0.15, 0.2) is 77.5 Å². The largest absolute Gasteiger partial charge is 0.496 e. The van der Waals surface area contributed by atoms with E-state index in [0.29, 0.717) is 5.56 Å². The molecule has 1 aromatic heterocycles. The Kier molecular flexibility index (Phi) is 4.96. The summed E-state index contributed by atoms with van der Waals surface area (Å²) in [5.41, 5.74) is 2.52. The molecule has 1 heterocycles. The average molecular weight is 382 g/mol. The zero-order chi connectivity index (χ0) is 16.9. The van der Waals surface area contributed by atoms with E-state index < -0.39 is 0 Å². The van der Waals surface area contributed by atoms with Crippen molar-refractivity contribution < 1.29 is 9.53 Å². The van der Waals surface area contributed by atoms with Gasteiger partial charge in [0.05, 0.1) is 7.11 Å². The van der Waals surface area contributed by atoms with Crippen molar-refractivity contribution in [1.29, 1.82) is 0 Å². The molecular formula is C20H16BrNO2. The van der Waals surface area contributed by atoms with Crippen molar-refractivity contribution in [3.63, 3.8) is 0 Å². The van der Waals surface area contributed by atoms with Crippen LogP contribution in [0.2, 0.25) is 0 Å². The Morgan fingerprint density at radius 2 is 1.79 bits per heavy atom. The molecule has 0 saturated carbocycles. The van der Waals surface area contributed by atoms with Crippen molar-refractivity contribution in [2.75, 3.05) is 7.11 Å². The third-order valence-electron chi connectivity index (χ3n) is 3.66. The highest BCUT2D eigenvalue weighted by atomic mass is 79.9. The number of allylic oxidation sites excluding steroid dienone is 1. The third-order valence-corrected chi connectivity index (χ3v) is 4.15. The van der Waals surface area contributed by atoms with Crippen molar-refractivity contribution in [3.8, 4) is 11.4 Å². The van der Waals surface area contributed by atoms with Gasteiger partial charge in [0.1, 0.15) is 5.75 Å². The predicted octanol–water partition coefficient (Wildman–Crippen LogP) is 5.14. The summed E-state index contributed by atoms with van der Waals surface area (Å²) in [7, 11) is 1.61. The summed E-state index contributed by atoms with van der Waals surface area (Å²) in [6.45, 7) is 0. The molecule has 0 aliphatic rings. The molecule has 0 amide bonds. The van der Waals surface area contributed by atoms with Crippen LogP contribution in [0.3, 0.4) is 0 Å². The topological polar surface area (TPSA) is 31.2 Å². The van der Waals surface area contributed by atoms with E-state index in [1.807, 2.05) is 71.6 Å². The number of halogens is 1. The second-order valence-electron chi connectivity index (χ2n) is 5.22. The number of carbonyl (C=O) groups is 1. The first-order valence-corrected chi connectivity index (χ1v) is 8.26. The van der Waals surface area contributed by atoms with E-state index in [4.69, 9.17) is 4.74 Å². The molecule has 0 atom stereocenters. The molecule has 2 aromatic carbocycles. The van der Waals surface area contributed by atoms with Crippen molar-refractivity contribution in [1.82, 2.24) is 4.57 Å². The maximum Gasteiger partial charge on any atom is 0.185 e. The molecule has 0 aliphatic carbocycles. The number of methoxy groups -OCH3 is 1. The number of benzene rings is 2. The molecule has 4 heteroatoms. The highest BCUT2D eigenvalue weighted by Crippen LogP contribution is 2.24. The number of ketones is 1. The van der Waals surface area contributed by atoms with E-state index in [9.17, 15) is 4.79 Å². The van der Waals surface area contributed by atoms with Crippen LogP contribution in [0.5, 0.6) is 5.75 Å². The highest BCUT2D eigenvalue weighted by molar-refractivity contribution is 9.10. The van der Waals surface area contributed by atoms with Crippen LogP contribution in [0.4, 0.5) is 0 Å². The SMILES string of the molecule is COc1ccc(Br)cc1/C=C/C(=O)c1ccc(-n2cccc2)cc1. The summed E-state index contributed by atoms with van der Waals surface area (Å²) >= 11 is 3.43. The monoisotopic (exact) mass is 381 g/mol. The van der Waals surface area contributed by atoms with E-state index in [0.717, 1.165) is 21.5 Å². The third kappa shape index (κ3) is 3.66. The average Bonchev–Trinajstić information content (AvgIpc) is 3.14. The van der Waals surface area contributed by atoms with Crippen LogP contribution >= 0.6 is 15.9 Å². The van der Waals surface area contributed by atoms with Gasteiger partial charge in [0, 0.05) is 33.7 Å². The van der Waals surface area contributed by atoms with Crippen molar-refractivity contribution in [2.45, 2.75) is 0 Å². The summed E-state index contributed by atoms with van der Waals surface area (Å²) in [4.78, 5) is 12.4. The lowest BCUT2D eigenvalue weighted by Crippen LogP contribution is -1.96. The van der Waals surface area contributed by atoms with Gasteiger partial charge in [0.2, 0.25) is 0 Å². The number of hydrogen-bond acceptors (Lipinski definition) is 2. The molecule has 0 N–H and O–H groups in total. The van der Waals surface area contributed by atoms with Gasteiger partial charge in [-0.15, -0.1) is 0 Å². The number of carbonyl (C=O) groups excluding carboxylic acids is 1. The number of rotatable bonds is 5. The lowest BCUT2D eigenvalue weighted by molar-refractivity contribution is 0.104. The Morgan fingerprint density at radius 1 is 1.08 bits per heavy atom. The minimum absolute atomic E-state index is 0.0453. The van der Waals surface area contributed by atoms with E-state index in [-0.39, 0.29) is 5.78 Å². The fourth-order valence-electron chi connectivity index (χ4n) is 2.40. The van der Waals surface area contributed by atoms with E-state index in [1.54, 1.807) is 19.3 Å². The summed E-state index contributed by atoms with van der Waals surface area (Å²) in [6, 6.07) is 17.1. The molecule has 0 saturated heterocycles. The van der Waals surface area contributed by atoms with Crippen LogP contribution < -0.4 is 4.74 Å². The van der Waals surface area contributed by atoms with Gasteiger partial charge in [-0.05, 0) is 66.7 Å². The first kappa shape index (κ1) is 16.3. The second kappa shape index (κ2) is 7.32. The fourth-order valence-corrected chi connectivity index (χ4v) is 2.78. The van der Waals surface area contributed by atoms with E-state index >= 15 is 0 Å². The molecular weight excluding hydrogens is 366 g/mol. The van der Waals surface area contributed by atoms with Crippen LogP contribution in [0, 0.1) is 0 Å². The number of ether oxygens (including phenoxy) is 1. The number of nitrogens with zero attached hydrogens (tertiary/aromatic N) is 1. The zero-order valence-electron chi connectivity index (χ0n) is 13.1. The second-order valence-corrected chi connectivity index (χ2v) is 6.14. The van der Waals surface area contributed by atoms with Gasteiger partial charge in [-0.25, -0.2) is 0 Å². The lowest BCUT2D eigenvalue weighted by Gasteiger charge is -2.05. The molecule has 24 heavy (non-hydrogen) atoms. The van der Waals surface area contributed by atoms with E-state index in [2.05, 4.69) is 15.9 Å². The molecule has 0 radical (unpaired) electrons. The summed E-state index contributed by atoms with van der Waals surface area (Å²) in [6.07, 6.45) is 7.27. The number of hydrogen-bond donors (Lipinski definition) is 0. The Morgan fingerprint density at radius 3 is 2.46 bits per heavy atom. The Bertz CT molecular complexity index is 865. The maximum atomic E-state index is 12.4. The summed E-state index contributed by atoms with van der Waals surface area (Å²) in [5.74, 6) is 0.682. The molecule has 3 nitrogen and oxygen atoms in total. The van der Waals surface area contributed by atoms with Gasteiger partial charge in [-0.3, -0.25) is 4.79 Å². The standard InChI is InChI=1S/C20H16BrNO2/c1-24-20-11-7-17(21)14-16(20)6-10-19(23)15-4-8-18(9-5-15)22-12-2-3-13-22/h2-14H,1H3/b10-6+. The Balaban J connectivity index is 1.79. The van der Waals surface area contributed by atoms with Crippen molar-refractivity contribution in [2.24, 2.45) is 0 Å². The summed E-state index contributed by atoms with van der Waals surface area (Å²) < 4.78 is 8.24. The van der Waals surface area contributed by atoms with Crippen LogP contribution in [-0.4, -0.2) is 17.5 Å². The van der Waals surface area contributed by atoms with Crippen molar-refractivity contribution in [3.05, 3.63) is 88.7 Å². The first-order chi connectivity index (χ1) is 11.7. The Labute approximate surface area is 149 Å². The minimum Gasteiger partial charge on any atom is -0.496 e. The smallest absolute Gasteiger partial charge is 0.185 e. The van der Waals surface area contributed by atoms with Gasteiger partial charge in [0.25, 0.3) is 0 Å². The lowest BCUT2D eigenvalue weighted by atomic mass is 10.1. The van der Waals surface area contributed by atoms with Crippen LogP contribution in [-0.2, 0) is 0 Å².